The van der Waals surface area contributed by atoms with Crippen LogP contribution in [-0.2, 0) is 0 Å². The highest BCUT2D eigenvalue weighted by Crippen LogP contribution is 2.16. The lowest BCUT2D eigenvalue weighted by molar-refractivity contribution is 0.322. The minimum atomic E-state index is -0.249. The molecule has 2 aromatic carbocycles. The summed E-state index contributed by atoms with van der Waals surface area (Å²) in [5.41, 5.74) is 0.784. The molecule has 0 unspecified atom stereocenters. The Balaban J connectivity index is 2.61. The first-order chi connectivity index (χ1) is 6.79. The molecule has 0 saturated carbocycles. The molecule has 2 rings (SSSR count). The number of oxime groups is 1. The van der Waals surface area contributed by atoms with Crippen LogP contribution in [0.3, 0.4) is 0 Å². The van der Waals surface area contributed by atoms with Crippen molar-refractivity contribution in [1.29, 1.82) is 0 Å². The Morgan fingerprint density at radius 2 is 1.79 bits per heavy atom. The highest BCUT2D eigenvalue weighted by molar-refractivity contribution is 5.90. The molecule has 1 N–H and O–H groups in total. The summed E-state index contributed by atoms with van der Waals surface area (Å²) >= 11 is 0. The molecule has 0 bridgehead atoms. The van der Waals surface area contributed by atoms with Gasteiger partial charge in [-0.25, -0.2) is 4.39 Å². The molecule has 0 aliphatic rings. The summed E-state index contributed by atoms with van der Waals surface area (Å²) < 4.78 is 12.8. The van der Waals surface area contributed by atoms with Crippen LogP contribution in [0, 0.1) is 5.82 Å². The topological polar surface area (TPSA) is 32.6 Å². The minimum Gasteiger partial charge on any atom is -0.411 e. The molecule has 0 aliphatic carbocycles. The SMILES string of the molecule is ON=Cc1ccc2cc(F)ccc2c1. The van der Waals surface area contributed by atoms with E-state index < -0.39 is 0 Å². The van der Waals surface area contributed by atoms with Crippen LogP contribution in [-0.4, -0.2) is 11.4 Å². The average molecular weight is 189 g/mol. The minimum absolute atomic E-state index is 0.249. The summed E-state index contributed by atoms with van der Waals surface area (Å²) in [4.78, 5) is 0. The van der Waals surface area contributed by atoms with E-state index in [2.05, 4.69) is 5.16 Å². The Hall–Kier alpha value is -1.90. The van der Waals surface area contributed by atoms with Crippen molar-refractivity contribution in [1.82, 2.24) is 0 Å². The molecular formula is C11H8FNO. The second kappa shape index (κ2) is 3.46. The molecule has 2 nitrogen and oxygen atoms in total. The zero-order chi connectivity index (χ0) is 9.97. The Kier molecular flexibility index (Phi) is 2.14. The first-order valence-corrected chi connectivity index (χ1v) is 4.16. The number of nitrogens with zero attached hydrogens (tertiary/aromatic N) is 1. The van der Waals surface area contributed by atoms with Crippen molar-refractivity contribution in [2.45, 2.75) is 0 Å². The summed E-state index contributed by atoms with van der Waals surface area (Å²) in [7, 11) is 0. The standard InChI is InChI=1S/C11H8FNO/c12-11-4-3-9-5-8(7-13-14)1-2-10(9)6-11/h1-7,14H. The van der Waals surface area contributed by atoms with Gasteiger partial charge in [0, 0.05) is 0 Å². The smallest absolute Gasteiger partial charge is 0.123 e. The zero-order valence-electron chi connectivity index (χ0n) is 7.31. The van der Waals surface area contributed by atoms with Crippen LogP contribution in [0.5, 0.6) is 0 Å². The molecule has 0 heterocycles. The van der Waals surface area contributed by atoms with Gasteiger partial charge in [-0.3, -0.25) is 0 Å². The fourth-order valence-corrected chi connectivity index (χ4v) is 1.38. The first-order valence-electron chi connectivity index (χ1n) is 4.16. The number of fused-ring (bicyclic) bond motifs is 1. The van der Waals surface area contributed by atoms with Gasteiger partial charge in [0.1, 0.15) is 5.82 Å². The van der Waals surface area contributed by atoms with Crippen molar-refractivity contribution >= 4 is 17.0 Å². The summed E-state index contributed by atoms with van der Waals surface area (Å²) in [6.07, 6.45) is 1.34. The summed E-state index contributed by atoms with van der Waals surface area (Å²) in [6, 6.07) is 9.95. The molecular weight excluding hydrogens is 181 g/mol. The maximum Gasteiger partial charge on any atom is 0.123 e. The lowest BCUT2D eigenvalue weighted by atomic mass is 10.1. The maximum absolute atomic E-state index is 12.8. The monoisotopic (exact) mass is 189 g/mol. The second-order valence-electron chi connectivity index (χ2n) is 3.00. The van der Waals surface area contributed by atoms with Crippen LogP contribution in [0.15, 0.2) is 41.6 Å². The van der Waals surface area contributed by atoms with Gasteiger partial charge in [0.25, 0.3) is 0 Å². The number of halogens is 1. The highest BCUT2D eigenvalue weighted by Gasteiger charge is 1.96. The van der Waals surface area contributed by atoms with Crippen molar-refractivity contribution in [2.75, 3.05) is 0 Å². The molecule has 0 fully saturated rings. The molecule has 0 aromatic heterocycles. The van der Waals surface area contributed by atoms with Crippen LogP contribution in [0.4, 0.5) is 4.39 Å². The lowest BCUT2D eigenvalue weighted by Crippen LogP contribution is -1.82. The predicted octanol–water partition coefficient (Wildman–Crippen LogP) is 2.79. The largest absolute Gasteiger partial charge is 0.411 e. The Morgan fingerprint density at radius 3 is 2.57 bits per heavy atom. The number of benzene rings is 2. The van der Waals surface area contributed by atoms with E-state index in [1.54, 1.807) is 18.2 Å². The maximum atomic E-state index is 12.8. The van der Waals surface area contributed by atoms with E-state index in [4.69, 9.17) is 5.21 Å². The van der Waals surface area contributed by atoms with Crippen molar-refractivity contribution in [3.8, 4) is 0 Å². The van der Waals surface area contributed by atoms with Crippen LogP contribution >= 0.6 is 0 Å². The summed E-state index contributed by atoms with van der Waals surface area (Å²) in [5.74, 6) is -0.249. The molecule has 3 heteroatoms. The Bertz CT molecular complexity index is 494. The predicted molar refractivity (Wildman–Crippen MR) is 53.3 cm³/mol. The van der Waals surface area contributed by atoms with E-state index in [0.29, 0.717) is 0 Å². The molecule has 0 radical (unpaired) electrons. The van der Waals surface area contributed by atoms with E-state index in [1.165, 1.54) is 18.3 Å². The average Bonchev–Trinajstić information content (AvgIpc) is 2.19. The zero-order valence-corrected chi connectivity index (χ0v) is 7.31. The van der Waals surface area contributed by atoms with E-state index in [0.717, 1.165) is 16.3 Å². The summed E-state index contributed by atoms with van der Waals surface area (Å²) in [6.45, 7) is 0. The van der Waals surface area contributed by atoms with Crippen molar-refractivity contribution in [2.24, 2.45) is 5.16 Å². The quantitative estimate of drug-likeness (QED) is 0.417. The lowest BCUT2D eigenvalue weighted by Gasteiger charge is -1.98. The van der Waals surface area contributed by atoms with Gasteiger partial charge in [-0.15, -0.1) is 0 Å². The van der Waals surface area contributed by atoms with Crippen LogP contribution in [0.2, 0.25) is 0 Å². The van der Waals surface area contributed by atoms with E-state index in [1.807, 2.05) is 6.07 Å². The molecule has 14 heavy (non-hydrogen) atoms. The normalized spacial score (nSPS) is 11.2. The third kappa shape index (κ3) is 1.57. The van der Waals surface area contributed by atoms with Crippen LogP contribution < -0.4 is 0 Å². The number of hydrogen-bond acceptors (Lipinski definition) is 2. The van der Waals surface area contributed by atoms with Gasteiger partial charge in [0.05, 0.1) is 6.21 Å². The Morgan fingerprint density at radius 1 is 1.07 bits per heavy atom. The van der Waals surface area contributed by atoms with Crippen molar-refractivity contribution < 1.29 is 9.60 Å². The van der Waals surface area contributed by atoms with Crippen molar-refractivity contribution in [3.05, 3.63) is 47.8 Å². The molecule has 2 aromatic rings. The Labute approximate surface area is 80.3 Å². The molecule has 0 atom stereocenters. The van der Waals surface area contributed by atoms with E-state index in [9.17, 15) is 4.39 Å². The van der Waals surface area contributed by atoms with E-state index in [-0.39, 0.29) is 5.82 Å². The fourth-order valence-electron chi connectivity index (χ4n) is 1.38. The number of hydrogen-bond donors (Lipinski definition) is 1. The molecule has 0 saturated heterocycles. The fraction of sp³-hybridized carbons (Fsp3) is 0. The molecule has 70 valence electrons. The third-order valence-corrected chi connectivity index (χ3v) is 2.03. The first kappa shape index (κ1) is 8.69. The van der Waals surface area contributed by atoms with Gasteiger partial charge in [0.15, 0.2) is 0 Å². The van der Waals surface area contributed by atoms with Gasteiger partial charge in [-0.05, 0) is 34.5 Å². The second-order valence-corrected chi connectivity index (χ2v) is 3.00. The van der Waals surface area contributed by atoms with Gasteiger partial charge < -0.3 is 5.21 Å². The van der Waals surface area contributed by atoms with Crippen LogP contribution in [0.25, 0.3) is 10.8 Å². The molecule has 0 spiro atoms. The van der Waals surface area contributed by atoms with Gasteiger partial charge in [-0.2, -0.15) is 0 Å². The van der Waals surface area contributed by atoms with Gasteiger partial charge in [-0.1, -0.05) is 23.4 Å². The van der Waals surface area contributed by atoms with Crippen molar-refractivity contribution in [3.63, 3.8) is 0 Å². The highest BCUT2D eigenvalue weighted by atomic mass is 19.1. The van der Waals surface area contributed by atoms with Crippen LogP contribution in [0.1, 0.15) is 5.56 Å². The third-order valence-electron chi connectivity index (χ3n) is 2.03. The number of rotatable bonds is 1. The van der Waals surface area contributed by atoms with Gasteiger partial charge >= 0.3 is 0 Å². The van der Waals surface area contributed by atoms with Gasteiger partial charge in [0.2, 0.25) is 0 Å². The summed E-state index contributed by atoms with van der Waals surface area (Å²) in [5, 5.41) is 13.0. The molecule has 0 amide bonds. The van der Waals surface area contributed by atoms with E-state index >= 15 is 0 Å². The molecule has 0 aliphatic heterocycles.